The van der Waals surface area contributed by atoms with E-state index >= 15 is 0 Å². The van der Waals surface area contributed by atoms with Gasteiger partial charge in [-0.1, -0.05) is 46.6 Å². The average molecular weight is 431 g/mol. The van der Waals surface area contributed by atoms with Crippen LogP contribution in [0.1, 0.15) is 0 Å². The van der Waals surface area contributed by atoms with Crippen LogP contribution < -0.4 is 5.73 Å². The number of nitrogens with zero attached hydrogens (tertiary/aromatic N) is 1. The summed E-state index contributed by atoms with van der Waals surface area (Å²) >= 11 is 14.5. The van der Waals surface area contributed by atoms with Crippen molar-refractivity contribution in [3.63, 3.8) is 0 Å². The van der Waals surface area contributed by atoms with Gasteiger partial charge in [0.25, 0.3) is 0 Å². The highest BCUT2D eigenvalue weighted by Gasteiger charge is 2.19. The standard InChI is InChI=1S/C15H9Cl2IN2O/c16-9-4-5-11(12(17)7-9)13-14(20-21-15(13)19)8-2-1-3-10(18)6-8/h1-7H,19H2. The number of benzene rings is 2. The maximum atomic E-state index is 6.27. The highest BCUT2D eigenvalue weighted by atomic mass is 127. The molecule has 0 spiro atoms. The number of anilines is 1. The molecule has 0 saturated heterocycles. The zero-order chi connectivity index (χ0) is 15.0. The van der Waals surface area contributed by atoms with E-state index in [-0.39, 0.29) is 5.88 Å². The summed E-state index contributed by atoms with van der Waals surface area (Å²) in [5, 5.41) is 5.14. The van der Waals surface area contributed by atoms with Gasteiger partial charge in [-0.2, -0.15) is 0 Å². The number of hydrogen-bond donors (Lipinski definition) is 1. The third kappa shape index (κ3) is 2.88. The monoisotopic (exact) mass is 430 g/mol. The molecule has 0 amide bonds. The first-order valence-electron chi connectivity index (χ1n) is 6.03. The Bertz CT molecular complexity index is 817. The molecule has 0 aliphatic carbocycles. The molecule has 1 aromatic heterocycles. The van der Waals surface area contributed by atoms with Gasteiger partial charge in [0.15, 0.2) is 0 Å². The van der Waals surface area contributed by atoms with E-state index in [4.69, 9.17) is 33.5 Å². The van der Waals surface area contributed by atoms with Crippen molar-refractivity contribution in [2.45, 2.75) is 0 Å². The van der Waals surface area contributed by atoms with Crippen LogP contribution in [-0.4, -0.2) is 5.16 Å². The Kier molecular flexibility index (Phi) is 4.10. The SMILES string of the molecule is Nc1onc(-c2cccc(I)c2)c1-c1ccc(Cl)cc1Cl. The van der Waals surface area contributed by atoms with Crippen LogP contribution in [0.25, 0.3) is 22.4 Å². The van der Waals surface area contributed by atoms with Crippen molar-refractivity contribution in [3.8, 4) is 22.4 Å². The zero-order valence-electron chi connectivity index (χ0n) is 10.6. The van der Waals surface area contributed by atoms with Gasteiger partial charge in [0.05, 0.1) is 10.6 Å². The zero-order valence-corrected chi connectivity index (χ0v) is 14.3. The van der Waals surface area contributed by atoms with Gasteiger partial charge in [0, 0.05) is 19.7 Å². The lowest BCUT2D eigenvalue weighted by atomic mass is 10.0. The molecule has 3 rings (SSSR count). The largest absolute Gasteiger partial charge is 0.367 e. The van der Waals surface area contributed by atoms with Gasteiger partial charge < -0.3 is 10.3 Å². The molecule has 0 fully saturated rings. The Labute approximate surface area is 145 Å². The summed E-state index contributed by atoms with van der Waals surface area (Å²) in [7, 11) is 0. The molecule has 0 aliphatic rings. The van der Waals surface area contributed by atoms with Crippen molar-refractivity contribution < 1.29 is 4.52 Å². The minimum absolute atomic E-state index is 0.230. The van der Waals surface area contributed by atoms with E-state index in [1.165, 1.54) is 0 Å². The minimum atomic E-state index is 0.230. The van der Waals surface area contributed by atoms with Crippen LogP contribution in [0.5, 0.6) is 0 Å². The summed E-state index contributed by atoms with van der Waals surface area (Å²) in [5.41, 5.74) is 8.94. The number of rotatable bonds is 2. The molecule has 106 valence electrons. The van der Waals surface area contributed by atoms with Gasteiger partial charge in [0.2, 0.25) is 5.88 Å². The fraction of sp³-hybridized carbons (Fsp3) is 0. The van der Waals surface area contributed by atoms with Crippen LogP contribution in [0.15, 0.2) is 47.0 Å². The maximum Gasteiger partial charge on any atom is 0.230 e. The van der Waals surface area contributed by atoms with Crippen LogP contribution in [0.3, 0.4) is 0 Å². The fourth-order valence-corrected chi connectivity index (χ4v) is 3.13. The molecule has 0 bridgehead atoms. The first-order chi connectivity index (χ1) is 10.1. The normalized spacial score (nSPS) is 10.8. The molecule has 0 saturated carbocycles. The first kappa shape index (κ1) is 14.7. The maximum absolute atomic E-state index is 6.27. The number of aromatic nitrogens is 1. The Morgan fingerprint density at radius 2 is 1.90 bits per heavy atom. The Hall–Kier alpha value is -1.24. The van der Waals surface area contributed by atoms with Crippen molar-refractivity contribution in [3.05, 3.63) is 56.1 Å². The van der Waals surface area contributed by atoms with E-state index in [0.29, 0.717) is 21.3 Å². The topological polar surface area (TPSA) is 52.0 Å². The van der Waals surface area contributed by atoms with Crippen molar-refractivity contribution in [1.29, 1.82) is 0 Å². The van der Waals surface area contributed by atoms with Gasteiger partial charge in [-0.3, -0.25) is 0 Å². The average Bonchev–Trinajstić information content (AvgIpc) is 2.81. The molecule has 0 aliphatic heterocycles. The summed E-state index contributed by atoms with van der Waals surface area (Å²) in [6.07, 6.45) is 0. The van der Waals surface area contributed by atoms with Crippen molar-refractivity contribution >= 4 is 51.7 Å². The molecule has 1 heterocycles. The van der Waals surface area contributed by atoms with Crippen LogP contribution in [0.4, 0.5) is 5.88 Å². The van der Waals surface area contributed by atoms with Gasteiger partial charge in [-0.05, 0) is 46.9 Å². The molecule has 2 N–H and O–H groups in total. The quantitative estimate of drug-likeness (QED) is 0.546. The summed E-state index contributed by atoms with van der Waals surface area (Å²) in [4.78, 5) is 0. The van der Waals surface area contributed by atoms with E-state index in [2.05, 4.69) is 27.7 Å². The fourth-order valence-electron chi connectivity index (χ4n) is 2.09. The smallest absolute Gasteiger partial charge is 0.230 e. The van der Waals surface area contributed by atoms with Crippen LogP contribution in [0, 0.1) is 3.57 Å². The highest BCUT2D eigenvalue weighted by molar-refractivity contribution is 14.1. The molecular weight excluding hydrogens is 422 g/mol. The van der Waals surface area contributed by atoms with Gasteiger partial charge in [-0.15, -0.1) is 0 Å². The third-order valence-corrected chi connectivity index (χ3v) is 4.24. The second-order valence-electron chi connectivity index (χ2n) is 4.40. The second kappa shape index (κ2) is 5.87. The first-order valence-corrected chi connectivity index (χ1v) is 7.86. The third-order valence-electron chi connectivity index (χ3n) is 3.02. The van der Waals surface area contributed by atoms with E-state index in [1.807, 2.05) is 30.3 Å². The Morgan fingerprint density at radius 3 is 2.62 bits per heavy atom. The lowest BCUT2D eigenvalue weighted by molar-refractivity contribution is 0.439. The van der Waals surface area contributed by atoms with E-state index in [1.54, 1.807) is 12.1 Å². The molecule has 3 aromatic rings. The number of nitrogens with two attached hydrogens (primary N) is 1. The lowest BCUT2D eigenvalue weighted by Crippen LogP contribution is -1.89. The van der Waals surface area contributed by atoms with Gasteiger partial charge in [0.1, 0.15) is 5.69 Å². The molecular formula is C15H9Cl2IN2O. The molecule has 21 heavy (non-hydrogen) atoms. The molecule has 0 radical (unpaired) electrons. The molecule has 6 heteroatoms. The summed E-state index contributed by atoms with van der Waals surface area (Å²) < 4.78 is 6.26. The molecule has 0 unspecified atom stereocenters. The predicted molar refractivity (Wildman–Crippen MR) is 94.5 cm³/mol. The molecule has 2 aromatic carbocycles. The van der Waals surface area contributed by atoms with Gasteiger partial charge >= 0.3 is 0 Å². The van der Waals surface area contributed by atoms with E-state index in [0.717, 1.165) is 14.7 Å². The molecule has 3 nitrogen and oxygen atoms in total. The summed E-state index contributed by atoms with van der Waals surface area (Å²) in [5.74, 6) is 0.230. The van der Waals surface area contributed by atoms with Crippen molar-refractivity contribution in [2.24, 2.45) is 0 Å². The summed E-state index contributed by atoms with van der Waals surface area (Å²) in [6.45, 7) is 0. The number of halogens is 3. The van der Waals surface area contributed by atoms with Gasteiger partial charge in [-0.25, -0.2) is 0 Å². The summed E-state index contributed by atoms with van der Waals surface area (Å²) in [6, 6.07) is 13.2. The molecule has 0 atom stereocenters. The van der Waals surface area contributed by atoms with Crippen LogP contribution in [-0.2, 0) is 0 Å². The Balaban J connectivity index is 2.22. The lowest BCUT2D eigenvalue weighted by Gasteiger charge is -2.06. The predicted octanol–water partition coefficient (Wildman–Crippen LogP) is 5.50. The minimum Gasteiger partial charge on any atom is -0.367 e. The van der Waals surface area contributed by atoms with Crippen molar-refractivity contribution in [2.75, 3.05) is 5.73 Å². The number of nitrogen functional groups attached to an aromatic ring is 1. The van der Waals surface area contributed by atoms with Crippen molar-refractivity contribution in [1.82, 2.24) is 5.16 Å². The second-order valence-corrected chi connectivity index (χ2v) is 6.49. The van der Waals surface area contributed by atoms with E-state index < -0.39 is 0 Å². The van der Waals surface area contributed by atoms with Crippen LogP contribution >= 0.6 is 45.8 Å². The highest BCUT2D eigenvalue weighted by Crippen LogP contribution is 2.40. The van der Waals surface area contributed by atoms with E-state index in [9.17, 15) is 0 Å². The Morgan fingerprint density at radius 1 is 1.10 bits per heavy atom. The number of hydrogen-bond acceptors (Lipinski definition) is 3. The van der Waals surface area contributed by atoms with Crippen LogP contribution in [0.2, 0.25) is 10.0 Å².